The minimum atomic E-state index is 0.0676. The molecule has 24 heavy (non-hydrogen) atoms. The lowest BCUT2D eigenvalue weighted by atomic mass is 9.85. The summed E-state index contributed by atoms with van der Waals surface area (Å²) in [5, 5.41) is 6.94. The standard InChI is InChI=1S/C18H26N4O2/c1-12-11-20-18(15-5-4-6-15)22(12)10-9-19-17(23)8-7-16-13(2)21-24-14(16)3/h11,15H,4-10H2,1-3H3,(H,19,23). The van der Waals surface area contributed by atoms with Crippen LogP contribution in [0.5, 0.6) is 0 Å². The number of hydrogen-bond acceptors (Lipinski definition) is 4. The van der Waals surface area contributed by atoms with Gasteiger partial charge in [0, 0.05) is 42.9 Å². The molecular formula is C18H26N4O2. The zero-order valence-corrected chi connectivity index (χ0v) is 14.8. The Morgan fingerprint density at radius 3 is 2.79 bits per heavy atom. The lowest BCUT2D eigenvalue weighted by Gasteiger charge is -2.26. The molecule has 1 amide bonds. The Hall–Kier alpha value is -2.11. The highest BCUT2D eigenvalue weighted by Gasteiger charge is 2.24. The molecule has 0 aromatic carbocycles. The summed E-state index contributed by atoms with van der Waals surface area (Å²) in [5.74, 6) is 2.66. The van der Waals surface area contributed by atoms with Gasteiger partial charge in [-0.25, -0.2) is 4.98 Å². The van der Waals surface area contributed by atoms with E-state index >= 15 is 0 Å². The van der Waals surface area contributed by atoms with Crippen LogP contribution >= 0.6 is 0 Å². The summed E-state index contributed by atoms with van der Waals surface area (Å²) in [6.07, 6.45) is 6.84. The lowest BCUT2D eigenvalue weighted by Crippen LogP contribution is -2.29. The van der Waals surface area contributed by atoms with E-state index in [1.165, 1.54) is 30.8 Å². The fourth-order valence-corrected chi connectivity index (χ4v) is 3.26. The third-order valence-electron chi connectivity index (χ3n) is 5.00. The van der Waals surface area contributed by atoms with Crippen LogP contribution in [0, 0.1) is 20.8 Å². The number of nitrogens with zero attached hydrogens (tertiary/aromatic N) is 3. The van der Waals surface area contributed by atoms with Crippen molar-refractivity contribution < 1.29 is 9.32 Å². The van der Waals surface area contributed by atoms with E-state index in [9.17, 15) is 4.79 Å². The van der Waals surface area contributed by atoms with Crippen molar-refractivity contribution in [3.05, 3.63) is 34.7 Å². The van der Waals surface area contributed by atoms with Gasteiger partial charge in [0.05, 0.1) is 5.69 Å². The number of imidazole rings is 1. The van der Waals surface area contributed by atoms with Crippen LogP contribution in [0.1, 0.15) is 60.1 Å². The minimum Gasteiger partial charge on any atom is -0.361 e. The van der Waals surface area contributed by atoms with E-state index < -0.39 is 0 Å². The summed E-state index contributed by atoms with van der Waals surface area (Å²) in [5.41, 5.74) is 3.09. The number of hydrogen-bond donors (Lipinski definition) is 1. The van der Waals surface area contributed by atoms with Gasteiger partial charge in [-0.05, 0) is 40.0 Å². The zero-order valence-electron chi connectivity index (χ0n) is 14.8. The van der Waals surface area contributed by atoms with Crippen LogP contribution in [0.25, 0.3) is 0 Å². The normalized spacial score (nSPS) is 14.6. The second kappa shape index (κ2) is 7.20. The van der Waals surface area contributed by atoms with Gasteiger partial charge >= 0.3 is 0 Å². The van der Waals surface area contributed by atoms with Gasteiger partial charge < -0.3 is 14.4 Å². The third kappa shape index (κ3) is 3.52. The van der Waals surface area contributed by atoms with Crippen LogP contribution in [0.4, 0.5) is 0 Å². The second-order valence-electron chi connectivity index (χ2n) is 6.69. The molecule has 0 unspecified atom stereocenters. The maximum absolute atomic E-state index is 12.1. The molecule has 1 saturated carbocycles. The maximum Gasteiger partial charge on any atom is 0.220 e. The Balaban J connectivity index is 1.46. The van der Waals surface area contributed by atoms with Crippen molar-refractivity contribution in [3.63, 3.8) is 0 Å². The molecule has 0 bridgehead atoms. The van der Waals surface area contributed by atoms with Crippen molar-refractivity contribution in [1.29, 1.82) is 0 Å². The Labute approximate surface area is 142 Å². The molecule has 6 heteroatoms. The smallest absolute Gasteiger partial charge is 0.220 e. The number of aromatic nitrogens is 3. The van der Waals surface area contributed by atoms with Gasteiger partial charge in [0.15, 0.2) is 0 Å². The second-order valence-corrected chi connectivity index (χ2v) is 6.69. The van der Waals surface area contributed by atoms with E-state index in [4.69, 9.17) is 4.52 Å². The Kier molecular flexibility index (Phi) is 5.02. The van der Waals surface area contributed by atoms with Crippen LogP contribution in [0.15, 0.2) is 10.7 Å². The first-order valence-corrected chi connectivity index (χ1v) is 8.76. The highest BCUT2D eigenvalue weighted by Crippen LogP contribution is 2.35. The summed E-state index contributed by atoms with van der Waals surface area (Å²) in [7, 11) is 0. The number of aryl methyl sites for hydroxylation is 3. The van der Waals surface area contributed by atoms with Crippen molar-refractivity contribution in [3.8, 4) is 0 Å². The molecule has 3 rings (SSSR count). The quantitative estimate of drug-likeness (QED) is 0.847. The predicted molar refractivity (Wildman–Crippen MR) is 90.9 cm³/mol. The van der Waals surface area contributed by atoms with Crippen LogP contribution in [-0.2, 0) is 17.8 Å². The molecule has 130 valence electrons. The number of carbonyl (C=O) groups is 1. The molecule has 1 N–H and O–H groups in total. The van der Waals surface area contributed by atoms with E-state index in [0.717, 1.165) is 23.6 Å². The summed E-state index contributed by atoms with van der Waals surface area (Å²) in [4.78, 5) is 16.6. The number of carbonyl (C=O) groups excluding carboxylic acids is 1. The van der Waals surface area contributed by atoms with Gasteiger partial charge in [0.2, 0.25) is 5.91 Å². The van der Waals surface area contributed by atoms with Crippen LogP contribution in [-0.4, -0.2) is 27.2 Å². The van der Waals surface area contributed by atoms with Crippen LogP contribution < -0.4 is 5.32 Å². The first kappa shape index (κ1) is 16.7. The molecule has 6 nitrogen and oxygen atoms in total. The number of amides is 1. The van der Waals surface area contributed by atoms with Gasteiger partial charge in [-0.15, -0.1) is 0 Å². The van der Waals surface area contributed by atoms with Crippen molar-refractivity contribution >= 4 is 5.91 Å². The fraction of sp³-hybridized carbons (Fsp3) is 0.611. The van der Waals surface area contributed by atoms with Crippen molar-refractivity contribution in [2.45, 2.75) is 65.3 Å². The topological polar surface area (TPSA) is 73.0 Å². The maximum atomic E-state index is 12.1. The molecular weight excluding hydrogens is 304 g/mol. The van der Waals surface area contributed by atoms with E-state index in [1.54, 1.807) is 0 Å². The van der Waals surface area contributed by atoms with E-state index in [2.05, 4.69) is 26.9 Å². The molecule has 2 aromatic heterocycles. The molecule has 1 aliphatic rings. The first-order chi connectivity index (χ1) is 11.6. The largest absolute Gasteiger partial charge is 0.361 e. The Morgan fingerprint density at radius 2 is 2.17 bits per heavy atom. The Bertz CT molecular complexity index is 693. The predicted octanol–water partition coefficient (Wildman–Crippen LogP) is 2.81. The molecule has 0 spiro atoms. The van der Waals surface area contributed by atoms with Gasteiger partial charge in [-0.2, -0.15) is 0 Å². The van der Waals surface area contributed by atoms with E-state index in [0.29, 0.717) is 25.3 Å². The molecule has 1 fully saturated rings. The first-order valence-electron chi connectivity index (χ1n) is 8.76. The number of rotatable bonds is 7. The molecule has 0 atom stereocenters. The molecule has 2 aromatic rings. The van der Waals surface area contributed by atoms with Crippen molar-refractivity contribution in [2.24, 2.45) is 0 Å². The summed E-state index contributed by atoms with van der Waals surface area (Å²) in [6, 6.07) is 0. The molecule has 1 aliphatic carbocycles. The monoisotopic (exact) mass is 330 g/mol. The lowest BCUT2D eigenvalue weighted by molar-refractivity contribution is -0.121. The van der Waals surface area contributed by atoms with Crippen LogP contribution in [0.2, 0.25) is 0 Å². The third-order valence-corrected chi connectivity index (χ3v) is 5.00. The molecule has 0 aliphatic heterocycles. The van der Waals surface area contributed by atoms with E-state index in [-0.39, 0.29) is 5.91 Å². The SMILES string of the molecule is Cc1noc(C)c1CCC(=O)NCCn1c(C)cnc1C1CCC1. The van der Waals surface area contributed by atoms with Gasteiger partial charge in [0.1, 0.15) is 11.6 Å². The van der Waals surface area contributed by atoms with Gasteiger partial charge in [0.25, 0.3) is 0 Å². The summed E-state index contributed by atoms with van der Waals surface area (Å²) >= 11 is 0. The minimum absolute atomic E-state index is 0.0676. The summed E-state index contributed by atoms with van der Waals surface area (Å²) in [6.45, 7) is 7.30. The van der Waals surface area contributed by atoms with Crippen LogP contribution in [0.3, 0.4) is 0 Å². The zero-order chi connectivity index (χ0) is 17.1. The van der Waals surface area contributed by atoms with Gasteiger partial charge in [-0.3, -0.25) is 4.79 Å². The van der Waals surface area contributed by atoms with Crippen molar-refractivity contribution in [1.82, 2.24) is 20.0 Å². The highest BCUT2D eigenvalue weighted by molar-refractivity contribution is 5.76. The van der Waals surface area contributed by atoms with E-state index in [1.807, 2.05) is 20.0 Å². The number of nitrogens with one attached hydrogen (secondary N) is 1. The molecule has 2 heterocycles. The summed E-state index contributed by atoms with van der Waals surface area (Å²) < 4.78 is 7.38. The fourth-order valence-electron chi connectivity index (χ4n) is 3.26. The average Bonchev–Trinajstić information content (AvgIpc) is 3.00. The molecule has 0 saturated heterocycles. The van der Waals surface area contributed by atoms with Gasteiger partial charge in [-0.1, -0.05) is 11.6 Å². The average molecular weight is 330 g/mol. The highest BCUT2D eigenvalue weighted by atomic mass is 16.5. The Morgan fingerprint density at radius 1 is 1.38 bits per heavy atom. The van der Waals surface area contributed by atoms with Crippen molar-refractivity contribution in [2.75, 3.05) is 6.54 Å². The molecule has 0 radical (unpaired) electrons.